The van der Waals surface area contributed by atoms with Crippen molar-refractivity contribution in [2.45, 2.75) is 6.92 Å². The van der Waals surface area contributed by atoms with Gasteiger partial charge in [-0.3, -0.25) is 0 Å². The highest BCUT2D eigenvalue weighted by molar-refractivity contribution is 14.1. The highest BCUT2D eigenvalue weighted by Crippen LogP contribution is 2.04. The Kier molecular flexibility index (Phi) is 1.32. The molecule has 0 amide bonds. The first-order valence-corrected chi connectivity index (χ1v) is 2.99. The lowest BCUT2D eigenvalue weighted by Gasteiger charge is -1.76. The van der Waals surface area contributed by atoms with Gasteiger partial charge in [0.1, 0.15) is 0 Å². The van der Waals surface area contributed by atoms with Crippen molar-refractivity contribution in [1.29, 1.82) is 0 Å². The number of rotatable bonds is 0. The fourth-order valence-corrected chi connectivity index (χ4v) is 0.870. The number of allylic oxidation sites excluding steroid dienone is 1. The fraction of sp³-hybridized carbons (Fsp3) is 0.250. The molecule has 0 fully saturated rings. The average Bonchev–Trinajstić information content (AvgIpc) is 1.87. The van der Waals surface area contributed by atoms with Crippen LogP contribution >= 0.6 is 22.6 Å². The quantitative estimate of drug-likeness (QED) is 0.422. The Balaban J connectivity index is 2.69. The van der Waals surface area contributed by atoms with E-state index in [1.807, 2.05) is 6.92 Å². The van der Waals surface area contributed by atoms with Crippen molar-refractivity contribution in [1.82, 2.24) is 5.32 Å². The number of amidine groups is 1. The molecule has 1 radical (unpaired) electrons. The van der Waals surface area contributed by atoms with Crippen LogP contribution in [0.1, 0.15) is 6.92 Å². The van der Waals surface area contributed by atoms with Gasteiger partial charge in [0.25, 0.3) is 0 Å². The summed E-state index contributed by atoms with van der Waals surface area (Å²) in [6.07, 6.45) is 1.75. The number of halogens is 1. The molecule has 0 saturated carbocycles. The third-order valence-corrected chi connectivity index (χ3v) is 1.15. The van der Waals surface area contributed by atoms with Crippen molar-refractivity contribution in [3.05, 3.63) is 11.9 Å². The van der Waals surface area contributed by atoms with Crippen molar-refractivity contribution in [3.8, 4) is 0 Å². The Labute approximate surface area is 55.8 Å². The minimum Gasteiger partial charge on any atom is -0.230 e. The highest BCUT2D eigenvalue weighted by Gasteiger charge is 1.98. The molecule has 0 saturated heterocycles. The lowest BCUT2D eigenvalue weighted by Crippen LogP contribution is -1.92. The molecule has 0 aromatic rings. The van der Waals surface area contributed by atoms with Gasteiger partial charge >= 0.3 is 0 Å². The largest absolute Gasteiger partial charge is 0.230 e. The molecule has 0 aliphatic carbocycles. The molecule has 0 aromatic heterocycles. The lowest BCUT2D eigenvalue weighted by atomic mass is 10.6. The molecular weight excluding hydrogens is 203 g/mol. The second-order valence-electron chi connectivity index (χ2n) is 1.28. The zero-order valence-corrected chi connectivity index (χ0v) is 6.01. The first-order valence-electron chi connectivity index (χ1n) is 1.91. The zero-order chi connectivity index (χ0) is 5.28. The van der Waals surface area contributed by atoms with E-state index < -0.39 is 0 Å². The Morgan fingerprint density at radius 3 is 2.57 bits per heavy atom. The molecule has 0 N–H and O–H groups in total. The van der Waals surface area contributed by atoms with Crippen LogP contribution in [-0.2, 0) is 0 Å². The van der Waals surface area contributed by atoms with Crippen LogP contribution in [0.3, 0.4) is 0 Å². The van der Waals surface area contributed by atoms with Gasteiger partial charge in [0.2, 0.25) is 0 Å². The first kappa shape index (κ1) is 5.08. The van der Waals surface area contributed by atoms with Crippen LogP contribution in [0.15, 0.2) is 16.9 Å². The molecular formula is C4H4IN2. The summed E-state index contributed by atoms with van der Waals surface area (Å²) in [7, 11) is 0. The lowest BCUT2D eigenvalue weighted by molar-refractivity contribution is 1.29. The summed E-state index contributed by atoms with van der Waals surface area (Å²) in [6.45, 7) is 1.93. The van der Waals surface area contributed by atoms with Crippen LogP contribution in [0.2, 0.25) is 0 Å². The summed E-state index contributed by atoms with van der Waals surface area (Å²) in [5, 5.41) is 3.89. The van der Waals surface area contributed by atoms with Crippen molar-refractivity contribution in [2.24, 2.45) is 4.99 Å². The van der Waals surface area contributed by atoms with E-state index in [0.29, 0.717) is 0 Å². The van der Waals surface area contributed by atoms with E-state index in [1.165, 1.54) is 0 Å². The molecule has 37 valence electrons. The van der Waals surface area contributed by atoms with E-state index in [1.54, 1.807) is 6.20 Å². The summed E-state index contributed by atoms with van der Waals surface area (Å²) < 4.78 is 0.829. The molecule has 1 aliphatic heterocycles. The van der Waals surface area contributed by atoms with E-state index in [-0.39, 0.29) is 0 Å². The van der Waals surface area contributed by atoms with Gasteiger partial charge in [-0.25, -0.2) is 10.3 Å². The van der Waals surface area contributed by atoms with Crippen molar-refractivity contribution in [3.63, 3.8) is 0 Å². The van der Waals surface area contributed by atoms with Gasteiger partial charge in [0, 0.05) is 22.6 Å². The minimum absolute atomic E-state index is 0.829. The zero-order valence-electron chi connectivity index (χ0n) is 3.85. The molecule has 1 heterocycles. The molecule has 1 aliphatic rings. The maximum absolute atomic E-state index is 3.99. The Morgan fingerprint density at radius 1 is 1.71 bits per heavy atom. The molecule has 3 heteroatoms. The maximum Gasteiger partial charge on any atom is 0.191 e. The summed E-state index contributed by atoms with van der Waals surface area (Å²) in [6, 6.07) is 0. The monoisotopic (exact) mass is 207 g/mol. The number of aliphatic imine (C=N–C) groups is 1. The van der Waals surface area contributed by atoms with Gasteiger partial charge in [-0.1, -0.05) is 0 Å². The van der Waals surface area contributed by atoms with E-state index in [0.717, 1.165) is 9.54 Å². The number of hydrogen-bond acceptors (Lipinski definition) is 1. The van der Waals surface area contributed by atoms with Crippen LogP contribution in [-0.4, -0.2) is 3.84 Å². The third-order valence-electron chi connectivity index (χ3n) is 0.627. The molecule has 0 atom stereocenters. The van der Waals surface area contributed by atoms with E-state index >= 15 is 0 Å². The van der Waals surface area contributed by atoms with Gasteiger partial charge in [0.15, 0.2) is 3.84 Å². The topological polar surface area (TPSA) is 26.5 Å². The van der Waals surface area contributed by atoms with Crippen LogP contribution in [0.4, 0.5) is 0 Å². The first-order chi connectivity index (χ1) is 3.29. The number of nitrogens with zero attached hydrogens (tertiary/aromatic N) is 2. The van der Waals surface area contributed by atoms with Crippen LogP contribution in [0.25, 0.3) is 0 Å². The summed E-state index contributed by atoms with van der Waals surface area (Å²) in [5.41, 5.74) is 0.990. The van der Waals surface area contributed by atoms with Crippen molar-refractivity contribution >= 4 is 26.4 Å². The summed E-state index contributed by atoms with van der Waals surface area (Å²) in [4.78, 5) is 3.99. The second kappa shape index (κ2) is 1.81. The summed E-state index contributed by atoms with van der Waals surface area (Å²) >= 11 is 2.08. The normalized spacial score (nSPS) is 18.0. The van der Waals surface area contributed by atoms with Crippen LogP contribution < -0.4 is 5.32 Å². The number of hydrogen-bond donors (Lipinski definition) is 0. The molecule has 2 nitrogen and oxygen atoms in total. The van der Waals surface area contributed by atoms with Gasteiger partial charge in [0.05, 0.1) is 11.9 Å². The molecule has 0 spiro atoms. The van der Waals surface area contributed by atoms with E-state index in [2.05, 4.69) is 32.9 Å². The predicted octanol–water partition coefficient (Wildman–Crippen LogP) is 1.26. The molecule has 7 heavy (non-hydrogen) atoms. The third kappa shape index (κ3) is 1.15. The standard InChI is InChI=1S/C4H4IN2/c1-3-2-6-4(5)7-3/h2H,1H3. The van der Waals surface area contributed by atoms with Gasteiger partial charge < -0.3 is 0 Å². The second-order valence-corrected chi connectivity index (χ2v) is 2.25. The molecule has 1 rings (SSSR count). The van der Waals surface area contributed by atoms with Gasteiger partial charge in [-0.2, -0.15) is 0 Å². The van der Waals surface area contributed by atoms with Gasteiger partial charge in [-0.15, -0.1) is 0 Å². The van der Waals surface area contributed by atoms with Gasteiger partial charge in [-0.05, 0) is 6.92 Å². The molecule has 0 aromatic carbocycles. The Bertz CT molecular complexity index is 137. The molecule has 0 unspecified atom stereocenters. The average molecular weight is 207 g/mol. The van der Waals surface area contributed by atoms with Crippen molar-refractivity contribution < 1.29 is 0 Å². The SMILES string of the molecule is CC1=C[N]C(I)=N1. The van der Waals surface area contributed by atoms with Crippen LogP contribution in [0, 0.1) is 0 Å². The van der Waals surface area contributed by atoms with Crippen LogP contribution in [0.5, 0.6) is 0 Å². The maximum atomic E-state index is 3.99. The smallest absolute Gasteiger partial charge is 0.191 e. The van der Waals surface area contributed by atoms with E-state index in [4.69, 9.17) is 0 Å². The molecule has 0 bridgehead atoms. The Morgan fingerprint density at radius 2 is 2.43 bits per heavy atom. The van der Waals surface area contributed by atoms with Crippen molar-refractivity contribution in [2.75, 3.05) is 0 Å². The fourth-order valence-electron chi connectivity index (χ4n) is 0.350. The van der Waals surface area contributed by atoms with E-state index in [9.17, 15) is 0 Å². The summed E-state index contributed by atoms with van der Waals surface area (Å²) in [5.74, 6) is 0. The minimum atomic E-state index is 0.829. The highest BCUT2D eigenvalue weighted by atomic mass is 127. The Hall–Kier alpha value is -0.0600. The predicted molar refractivity (Wildman–Crippen MR) is 37.3 cm³/mol.